The van der Waals surface area contributed by atoms with E-state index in [2.05, 4.69) is 15.6 Å². The van der Waals surface area contributed by atoms with Crippen LogP contribution in [-0.2, 0) is 11.2 Å². The number of aromatic nitrogens is 1. The van der Waals surface area contributed by atoms with Crippen molar-refractivity contribution in [1.82, 2.24) is 4.98 Å². The average Bonchev–Trinajstić information content (AvgIpc) is 3.21. The molecular formula is C20H19N3O4S. The summed E-state index contributed by atoms with van der Waals surface area (Å²) in [4.78, 5) is 28.7. The van der Waals surface area contributed by atoms with Gasteiger partial charge in [-0.25, -0.2) is 4.98 Å². The molecule has 1 heterocycles. The normalized spacial score (nSPS) is 10.2. The fourth-order valence-electron chi connectivity index (χ4n) is 2.57. The van der Waals surface area contributed by atoms with Crippen LogP contribution in [0.1, 0.15) is 15.9 Å². The topological polar surface area (TPSA) is 89.5 Å². The molecule has 0 unspecified atom stereocenters. The van der Waals surface area contributed by atoms with E-state index in [1.165, 1.54) is 11.3 Å². The van der Waals surface area contributed by atoms with Crippen LogP contribution in [0, 0.1) is 0 Å². The zero-order valence-corrected chi connectivity index (χ0v) is 16.2. The van der Waals surface area contributed by atoms with E-state index in [9.17, 15) is 9.59 Å². The highest BCUT2D eigenvalue weighted by Gasteiger charge is 2.11. The maximum Gasteiger partial charge on any atom is 0.257 e. The van der Waals surface area contributed by atoms with Crippen molar-refractivity contribution in [3.63, 3.8) is 0 Å². The highest BCUT2D eigenvalue weighted by atomic mass is 32.1. The summed E-state index contributed by atoms with van der Waals surface area (Å²) in [6.07, 6.45) is 1.78. The summed E-state index contributed by atoms with van der Waals surface area (Å²) >= 11 is 1.34. The molecule has 3 aromatic rings. The van der Waals surface area contributed by atoms with Gasteiger partial charge in [-0.2, -0.15) is 0 Å². The summed E-state index contributed by atoms with van der Waals surface area (Å²) in [6, 6.07) is 12.1. The van der Waals surface area contributed by atoms with Crippen LogP contribution in [0.3, 0.4) is 0 Å². The van der Waals surface area contributed by atoms with Crippen LogP contribution >= 0.6 is 11.3 Å². The average molecular weight is 397 g/mol. The number of rotatable bonds is 7. The van der Waals surface area contributed by atoms with Crippen molar-refractivity contribution in [2.45, 2.75) is 6.42 Å². The molecule has 0 fully saturated rings. The van der Waals surface area contributed by atoms with Gasteiger partial charge in [0, 0.05) is 22.8 Å². The Balaban J connectivity index is 1.65. The maximum absolute atomic E-state index is 12.4. The second-order valence-corrected chi connectivity index (χ2v) is 6.68. The minimum absolute atomic E-state index is 0.163. The van der Waals surface area contributed by atoms with E-state index in [0.29, 0.717) is 27.9 Å². The Kier molecular flexibility index (Phi) is 6.23. The largest absolute Gasteiger partial charge is 0.493 e. The molecular weight excluding hydrogens is 378 g/mol. The number of carbonyl (C=O) groups is 2. The zero-order chi connectivity index (χ0) is 19.9. The van der Waals surface area contributed by atoms with Gasteiger partial charge in [-0.05, 0) is 35.9 Å². The van der Waals surface area contributed by atoms with Gasteiger partial charge in [0.1, 0.15) is 0 Å². The van der Waals surface area contributed by atoms with E-state index < -0.39 is 0 Å². The number of nitrogens with zero attached hydrogens (tertiary/aromatic N) is 1. The van der Waals surface area contributed by atoms with E-state index >= 15 is 0 Å². The number of hydrogen-bond donors (Lipinski definition) is 2. The Labute approximate surface area is 166 Å². The molecule has 0 aliphatic rings. The fourth-order valence-corrected chi connectivity index (χ4v) is 3.10. The van der Waals surface area contributed by atoms with Crippen LogP contribution in [0.5, 0.6) is 11.5 Å². The van der Waals surface area contributed by atoms with Gasteiger partial charge in [-0.1, -0.05) is 12.1 Å². The van der Waals surface area contributed by atoms with Gasteiger partial charge < -0.3 is 14.8 Å². The second kappa shape index (κ2) is 9.01. The van der Waals surface area contributed by atoms with E-state index in [4.69, 9.17) is 9.47 Å². The number of anilines is 2. The van der Waals surface area contributed by atoms with Crippen LogP contribution in [0.4, 0.5) is 10.8 Å². The van der Waals surface area contributed by atoms with E-state index in [1.54, 1.807) is 68.3 Å². The number of hydrogen-bond acceptors (Lipinski definition) is 6. The van der Waals surface area contributed by atoms with Crippen molar-refractivity contribution >= 4 is 34.0 Å². The molecule has 28 heavy (non-hydrogen) atoms. The Hall–Kier alpha value is -3.39. The zero-order valence-electron chi connectivity index (χ0n) is 15.4. The lowest BCUT2D eigenvalue weighted by atomic mass is 10.1. The van der Waals surface area contributed by atoms with Crippen molar-refractivity contribution in [3.05, 3.63) is 65.2 Å². The maximum atomic E-state index is 12.4. The summed E-state index contributed by atoms with van der Waals surface area (Å²) in [7, 11) is 3.10. The predicted molar refractivity (Wildman–Crippen MR) is 108 cm³/mol. The molecule has 0 atom stereocenters. The molecule has 0 radical (unpaired) electrons. The lowest BCUT2D eigenvalue weighted by Gasteiger charge is -2.10. The van der Waals surface area contributed by atoms with Gasteiger partial charge in [0.15, 0.2) is 16.6 Å². The Morgan fingerprint density at radius 1 is 1.04 bits per heavy atom. The Morgan fingerprint density at radius 3 is 2.57 bits per heavy atom. The minimum atomic E-state index is -0.286. The lowest BCUT2D eigenvalue weighted by Crippen LogP contribution is -2.16. The number of nitrogens with one attached hydrogen (secondary N) is 2. The van der Waals surface area contributed by atoms with Crippen molar-refractivity contribution in [3.8, 4) is 11.5 Å². The Morgan fingerprint density at radius 2 is 1.86 bits per heavy atom. The molecule has 144 valence electrons. The van der Waals surface area contributed by atoms with Gasteiger partial charge in [0.05, 0.1) is 20.6 Å². The SMILES string of the molecule is COc1ccc(CC(=O)Nc2cccc(C(=O)Nc3nccs3)c2)cc1OC. The quantitative estimate of drug-likeness (QED) is 0.636. The van der Waals surface area contributed by atoms with Crippen LogP contribution in [-0.4, -0.2) is 31.0 Å². The molecule has 8 heteroatoms. The first-order valence-corrected chi connectivity index (χ1v) is 9.28. The van der Waals surface area contributed by atoms with Crippen molar-refractivity contribution in [2.24, 2.45) is 0 Å². The first-order valence-electron chi connectivity index (χ1n) is 8.40. The van der Waals surface area contributed by atoms with Crippen LogP contribution in [0.2, 0.25) is 0 Å². The highest BCUT2D eigenvalue weighted by Crippen LogP contribution is 2.27. The van der Waals surface area contributed by atoms with Crippen LogP contribution in [0.25, 0.3) is 0 Å². The highest BCUT2D eigenvalue weighted by molar-refractivity contribution is 7.13. The summed E-state index contributed by atoms with van der Waals surface area (Å²) in [6.45, 7) is 0. The summed E-state index contributed by atoms with van der Waals surface area (Å²) in [5.74, 6) is 0.676. The monoisotopic (exact) mass is 397 g/mol. The first kappa shape index (κ1) is 19.4. The number of benzene rings is 2. The van der Waals surface area contributed by atoms with Crippen LogP contribution in [0.15, 0.2) is 54.0 Å². The molecule has 0 aliphatic heterocycles. The molecule has 0 aliphatic carbocycles. The predicted octanol–water partition coefficient (Wildman–Crippen LogP) is 3.59. The van der Waals surface area contributed by atoms with E-state index in [0.717, 1.165) is 5.56 Å². The molecule has 3 rings (SSSR count). The van der Waals surface area contributed by atoms with E-state index in [-0.39, 0.29) is 18.2 Å². The molecule has 2 amide bonds. The van der Waals surface area contributed by atoms with Gasteiger partial charge in [0.25, 0.3) is 5.91 Å². The molecule has 0 spiro atoms. The molecule has 2 aromatic carbocycles. The third-order valence-electron chi connectivity index (χ3n) is 3.87. The smallest absolute Gasteiger partial charge is 0.257 e. The third kappa shape index (κ3) is 4.86. The van der Waals surface area contributed by atoms with Gasteiger partial charge >= 0.3 is 0 Å². The lowest BCUT2D eigenvalue weighted by molar-refractivity contribution is -0.115. The number of methoxy groups -OCH3 is 2. The number of amides is 2. The van der Waals surface area contributed by atoms with Crippen LogP contribution < -0.4 is 20.1 Å². The van der Waals surface area contributed by atoms with Gasteiger partial charge in [0.2, 0.25) is 5.91 Å². The molecule has 1 aromatic heterocycles. The number of ether oxygens (including phenoxy) is 2. The molecule has 7 nitrogen and oxygen atoms in total. The van der Waals surface area contributed by atoms with Gasteiger partial charge in [-0.3, -0.25) is 14.9 Å². The standard InChI is InChI=1S/C20H19N3O4S/c1-26-16-7-6-13(10-17(16)27-2)11-18(24)22-15-5-3-4-14(12-15)19(25)23-20-21-8-9-28-20/h3-10,12H,11H2,1-2H3,(H,22,24)(H,21,23,25). The number of thiazole rings is 1. The van der Waals surface area contributed by atoms with Crippen molar-refractivity contribution in [1.29, 1.82) is 0 Å². The second-order valence-electron chi connectivity index (χ2n) is 5.79. The summed E-state index contributed by atoms with van der Waals surface area (Å²) < 4.78 is 10.5. The van der Waals surface area contributed by atoms with Gasteiger partial charge in [-0.15, -0.1) is 11.3 Å². The van der Waals surface area contributed by atoms with Crippen molar-refractivity contribution in [2.75, 3.05) is 24.9 Å². The van der Waals surface area contributed by atoms with E-state index in [1.807, 2.05) is 0 Å². The van der Waals surface area contributed by atoms with Crippen molar-refractivity contribution < 1.29 is 19.1 Å². The number of carbonyl (C=O) groups excluding carboxylic acids is 2. The molecule has 2 N–H and O–H groups in total. The fraction of sp³-hybridized carbons (Fsp3) is 0.150. The molecule has 0 saturated carbocycles. The minimum Gasteiger partial charge on any atom is -0.493 e. The third-order valence-corrected chi connectivity index (χ3v) is 4.56. The Bertz CT molecular complexity index is 973. The summed E-state index contributed by atoms with van der Waals surface area (Å²) in [5.41, 5.74) is 1.75. The molecule has 0 saturated heterocycles. The molecule has 0 bridgehead atoms. The first-order chi connectivity index (χ1) is 13.6. The summed E-state index contributed by atoms with van der Waals surface area (Å²) in [5, 5.41) is 7.82.